The van der Waals surface area contributed by atoms with Crippen LogP contribution < -0.4 is 0 Å². The fourth-order valence-corrected chi connectivity index (χ4v) is 7.52. The Morgan fingerprint density at radius 1 is 0.727 bits per heavy atom. The van der Waals surface area contributed by atoms with Crippen LogP contribution in [-0.4, -0.2) is 26.9 Å². The molecular weight excluding hydrogens is 411 g/mol. The van der Waals surface area contributed by atoms with Gasteiger partial charge in [0.05, 0.1) is 0 Å². The summed E-state index contributed by atoms with van der Waals surface area (Å²) in [5, 5.41) is 2.12. The summed E-state index contributed by atoms with van der Waals surface area (Å²) >= 11 is 0.0736. The zero-order chi connectivity index (χ0) is 16.1. The van der Waals surface area contributed by atoms with Gasteiger partial charge in [0.15, 0.2) is 0 Å². The van der Waals surface area contributed by atoms with Crippen molar-refractivity contribution in [3.05, 3.63) is 11.5 Å². The first kappa shape index (κ1) is 23.2. The number of unbranched alkanes of at least 4 members (excludes halogenated alkanes) is 10. The Balaban J connectivity index is 0.000000734. The molecule has 0 atom stereocenters. The monoisotopic (exact) mass is 450 g/mol. The van der Waals surface area contributed by atoms with Crippen LogP contribution in [0.2, 0.25) is 8.87 Å². The molecular formula is C19H38S2Sn. The third-order valence-electron chi connectivity index (χ3n) is 3.80. The van der Waals surface area contributed by atoms with Crippen LogP contribution in [0.25, 0.3) is 0 Å². The molecule has 0 aromatic heterocycles. The van der Waals surface area contributed by atoms with E-state index in [-0.39, 0.29) is 21.1 Å². The molecule has 1 aliphatic heterocycles. The minimum atomic E-state index is 0.0736. The molecule has 0 aliphatic carbocycles. The minimum absolute atomic E-state index is 0.0736. The SMILES string of the molecule is C1=CSSC1.CCCCCCC[CH2][Sn][CH2]CCCCCCC. The number of hydrogen-bond donors (Lipinski definition) is 0. The van der Waals surface area contributed by atoms with Crippen LogP contribution in [0.15, 0.2) is 11.5 Å². The Kier molecular flexibility index (Phi) is 23.5. The van der Waals surface area contributed by atoms with E-state index in [9.17, 15) is 0 Å². The van der Waals surface area contributed by atoms with Gasteiger partial charge in [0.25, 0.3) is 0 Å². The van der Waals surface area contributed by atoms with Gasteiger partial charge >= 0.3 is 121 Å². The van der Waals surface area contributed by atoms with Crippen LogP contribution >= 0.6 is 21.6 Å². The fraction of sp³-hybridized carbons (Fsp3) is 0.895. The second kappa shape index (κ2) is 22.2. The molecule has 0 aromatic rings. The summed E-state index contributed by atoms with van der Waals surface area (Å²) in [5.41, 5.74) is 0. The third-order valence-corrected chi connectivity index (χ3v) is 9.75. The van der Waals surface area contributed by atoms with Crippen molar-refractivity contribution < 1.29 is 0 Å². The van der Waals surface area contributed by atoms with E-state index < -0.39 is 0 Å². The quantitative estimate of drug-likeness (QED) is 0.149. The Morgan fingerprint density at radius 2 is 1.23 bits per heavy atom. The normalized spacial score (nSPS) is 13.2. The van der Waals surface area contributed by atoms with Gasteiger partial charge in [-0.2, -0.15) is 0 Å². The van der Waals surface area contributed by atoms with E-state index >= 15 is 0 Å². The fourth-order valence-electron chi connectivity index (χ4n) is 2.38. The first-order valence-corrected chi connectivity index (χ1v) is 16.0. The molecule has 0 amide bonds. The molecule has 3 heteroatoms. The van der Waals surface area contributed by atoms with Gasteiger partial charge in [-0.05, 0) is 5.41 Å². The summed E-state index contributed by atoms with van der Waals surface area (Å²) in [6.45, 7) is 4.60. The van der Waals surface area contributed by atoms with Crippen LogP contribution in [0.5, 0.6) is 0 Å². The molecule has 1 rings (SSSR count). The van der Waals surface area contributed by atoms with Crippen LogP contribution in [-0.2, 0) is 0 Å². The first-order chi connectivity index (χ1) is 10.9. The molecule has 0 bridgehead atoms. The van der Waals surface area contributed by atoms with Gasteiger partial charge < -0.3 is 0 Å². The average molecular weight is 449 g/mol. The summed E-state index contributed by atoms with van der Waals surface area (Å²) in [7, 11) is 3.69. The van der Waals surface area contributed by atoms with E-state index in [0.29, 0.717) is 0 Å². The van der Waals surface area contributed by atoms with E-state index in [0.717, 1.165) is 0 Å². The predicted octanol–water partition coefficient (Wildman–Crippen LogP) is 8.14. The van der Waals surface area contributed by atoms with Crippen molar-refractivity contribution >= 4 is 42.7 Å². The summed E-state index contributed by atoms with van der Waals surface area (Å²) < 4.78 is 3.31. The summed E-state index contributed by atoms with van der Waals surface area (Å²) in [5.74, 6) is 1.20. The molecule has 0 spiro atoms. The van der Waals surface area contributed by atoms with Gasteiger partial charge in [-0.3, -0.25) is 0 Å². The Labute approximate surface area is 159 Å². The van der Waals surface area contributed by atoms with E-state index in [1.807, 2.05) is 21.6 Å². The van der Waals surface area contributed by atoms with Gasteiger partial charge in [0, 0.05) is 5.75 Å². The Hall–Kier alpha value is 1.24. The van der Waals surface area contributed by atoms with Gasteiger partial charge in [0.1, 0.15) is 0 Å². The van der Waals surface area contributed by atoms with Crippen molar-refractivity contribution in [2.75, 3.05) is 5.75 Å². The predicted molar refractivity (Wildman–Crippen MR) is 111 cm³/mol. The summed E-state index contributed by atoms with van der Waals surface area (Å²) in [6, 6.07) is 0. The molecule has 22 heavy (non-hydrogen) atoms. The third kappa shape index (κ3) is 21.2. The van der Waals surface area contributed by atoms with Crippen LogP contribution in [0, 0.1) is 0 Å². The molecule has 1 aliphatic rings. The molecule has 0 saturated heterocycles. The van der Waals surface area contributed by atoms with Crippen molar-refractivity contribution in [2.45, 2.75) is 99.8 Å². The molecule has 0 N–H and O–H groups in total. The van der Waals surface area contributed by atoms with Gasteiger partial charge in [0.2, 0.25) is 0 Å². The molecule has 0 saturated carbocycles. The Morgan fingerprint density at radius 3 is 1.59 bits per heavy atom. The van der Waals surface area contributed by atoms with E-state index in [2.05, 4.69) is 25.3 Å². The maximum atomic E-state index is 2.30. The number of hydrogen-bond acceptors (Lipinski definition) is 2. The van der Waals surface area contributed by atoms with Gasteiger partial charge in [-0.25, -0.2) is 0 Å². The van der Waals surface area contributed by atoms with Crippen molar-refractivity contribution in [2.24, 2.45) is 0 Å². The Bertz CT molecular complexity index is 199. The molecule has 0 aromatic carbocycles. The van der Waals surface area contributed by atoms with Crippen LogP contribution in [0.3, 0.4) is 0 Å². The molecule has 1 heterocycles. The van der Waals surface area contributed by atoms with Crippen molar-refractivity contribution in [3.63, 3.8) is 0 Å². The molecule has 130 valence electrons. The van der Waals surface area contributed by atoms with Crippen LogP contribution in [0.1, 0.15) is 90.9 Å². The van der Waals surface area contributed by atoms with Crippen molar-refractivity contribution in [1.82, 2.24) is 0 Å². The molecule has 0 nitrogen and oxygen atoms in total. The van der Waals surface area contributed by atoms with Crippen LogP contribution in [0.4, 0.5) is 0 Å². The molecule has 0 fully saturated rings. The van der Waals surface area contributed by atoms with Crippen molar-refractivity contribution in [1.29, 1.82) is 0 Å². The van der Waals surface area contributed by atoms with E-state index in [1.165, 1.54) is 70.0 Å². The maximum absolute atomic E-state index is 2.30. The average Bonchev–Trinajstić information content (AvgIpc) is 3.12. The zero-order valence-corrected chi connectivity index (χ0v) is 19.6. The zero-order valence-electron chi connectivity index (χ0n) is 15.1. The van der Waals surface area contributed by atoms with E-state index in [4.69, 9.17) is 0 Å². The first-order valence-electron chi connectivity index (χ1n) is 9.55. The standard InChI is InChI=1S/2C8H17.C3H4S2.Sn/c2*1-3-5-7-8-6-4-2;1-2-4-5-3-1;/h2*1,3-8H2,2H3;1-2H,3H2;. The molecule has 0 unspecified atom stereocenters. The van der Waals surface area contributed by atoms with E-state index in [1.54, 1.807) is 21.7 Å². The van der Waals surface area contributed by atoms with Gasteiger partial charge in [-0.15, -0.1) is 0 Å². The number of rotatable bonds is 14. The summed E-state index contributed by atoms with van der Waals surface area (Å²) in [6.07, 6.45) is 20.0. The summed E-state index contributed by atoms with van der Waals surface area (Å²) in [4.78, 5) is 0. The van der Waals surface area contributed by atoms with Gasteiger partial charge in [-0.1, -0.05) is 27.7 Å². The second-order valence-corrected chi connectivity index (χ2v) is 12.6. The second-order valence-electron chi connectivity index (χ2n) is 6.04. The molecule has 2 radical (unpaired) electrons. The topological polar surface area (TPSA) is 0 Å². The van der Waals surface area contributed by atoms with Crippen molar-refractivity contribution in [3.8, 4) is 0 Å².